The van der Waals surface area contributed by atoms with Gasteiger partial charge in [-0.25, -0.2) is 9.97 Å². The molecule has 0 atom stereocenters. The standard InChI is InChI=1S/C17H18F3N3O2S/c1-11-8-12(2)22-16(21-11)26-10-15(24)23(3)9-13-6-4-5-7-14(13)25-17(18,19)20/h4-8H,9-10H2,1-3H3. The first-order chi connectivity index (χ1) is 12.1. The van der Waals surface area contributed by atoms with Crippen LogP contribution in [0.2, 0.25) is 0 Å². The van der Waals surface area contributed by atoms with Gasteiger partial charge in [0.05, 0.1) is 5.75 Å². The Morgan fingerprint density at radius 1 is 1.19 bits per heavy atom. The molecule has 0 radical (unpaired) electrons. The molecule has 2 aromatic rings. The summed E-state index contributed by atoms with van der Waals surface area (Å²) in [5.41, 5.74) is 1.88. The monoisotopic (exact) mass is 385 g/mol. The van der Waals surface area contributed by atoms with Gasteiger partial charge in [-0.05, 0) is 26.0 Å². The minimum absolute atomic E-state index is 0.000646. The fourth-order valence-corrected chi connectivity index (χ4v) is 3.09. The van der Waals surface area contributed by atoms with Crippen LogP contribution in [0.25, 0.3) is 0 Å². The number of halogens is 3. The number of thioether (sulfide) groups is 1. The van der Waals surface area contributed by atoms with Crippen LogP contribution in [0.4, 0.5) is 13.2 Å². The van der Waals surface area contributed by atoms with Crippen molar-refractivity contribution in [3.8, 4) is 5.75 Å². The maximum absolute atomic E-state index is 12.5. The van der Waals surface area contributed by atoms with E-state index in [2.05, 4.69) is 14.7 Å². The molecule has 0 saturated heterocycles. The third-order valence-corrected chi connectivity index (χ3v) is 4.15. The quantitative estimate of drug-likeness (QED) is 0.560. The zero-order chi connectivity index (χ0) is 19.3. The Kier molecular flexibility index (Phi) is 6.47. The number of hydrogen-bond donors (Lipinski definition) is 0. The molecule has 0 N–H and O–H groups in total. The largest absolute Gasteiger partial charge is 0.573 e. The smallest absolute Gasteiger partial charge is 0.405 e. The zero-order valence-electron chi connectivity index (χ0n) is 14.5. The van der Waals surface area contributed by atoms with E-state index in [0.717, 1.165) is 11.4 Å². The Morgan fingerprint density at radius 3 is 2.42 bits per heavy atom. The maximum atomic E-state index is 12.5. The van der Waals surface area contributed by atoms with E-state index in [9.17, 15) is 18.0 Å². The molecule has 26 heavy (non-hydrogen) atoms. The van der Waals surface area contributed by atoms with Crippen molar-refractivity contribution in [3.63, 3.8) is 0 Å². The average Bonchev–Trinajstić information content (AvgIpc) is 2.52. The van der Waals surface area contributed by atoms with Crippen LogP contribution in [0.3, 0.4) is 0 Å². The highest BCUT2D eigenvalue weighted by molar-refractivity contribution is 7.99. The zero-order valence-corrected chi connectivity index (χ0v) is 15.3. The van der Waals surface area contributed by atoms with E-state index in [1.54, 1.807) is 6.07 Å². The first-order valence-electron chi connectivity index (χ1n) is 7.67. The van der Waals surface area contributed by atoms with Gasteiger partial charge in [-0.15, -0.1) is 13.2 Å². The minimum Gasteiger partial charge on any atom is -0.405 e. The van der Waals surface area contributed by atoms with Crippen LogP contribution in [0.5, 0.6) is 5.75 Å². The lowest BCUT2D eigenvalue weighted by Gasteiger charge is -2.19. The SMILES string of the molecule is Cc1cc(C)nc(SCC(=O)N(C)Cc2ccccc2OC(F)(F)F)n1. The van der Waals surface area contributed by atoms with Gasteiger partial charge in [-0.1, -0.05) is 30.0 Å². The molecule has 0 aliphatic rings. The van der Waals surface area contributed by atoms with Gasteiger partial charge in [0.25, 0.3) is 0 Å². The number of carbonyl (C=O) groups is 1. The predicted octanol–water partition coefficient (Wildman–Crippen LogP) is 3.74. The van der Waals surface area contributed by atoms with Crippen LogP contribution in [-0.2, 0) is 11.3 Å². The molecule has 2 rings (SSSR count). The summed E-state index contributed by atoms with van der Waals surface area (Å²) in [6.45, 7) is 3.67. The molecule has 140 valence electrons. The third-order valence-electron chi connectivity index (χ3n) is 3.32. The van der Waals surface area contributed by atoms with E-state index in [1.807, 2.05) is 19.9 Å². The number of aryl methyl sites for hydroxylation is 2. The van der Waals surface area contributed by atoms with Crippen LogP contribution >= 0.6 is 11.8 Å². The molecule has 9 heteroatoms. The molecule has 1 heterocycles. The second-order valence-electron chi connectivity index (χ2n) is 5.63. The molecule has 1 aromatic heterocycles. The van der Waals surface area contributed by atoms with E-state index in [4.69, 9.17) is 0 Å². The highest BCUT2D eigenvalue weighted by Gasteiger charge is 2.32. The lowest BCUT2D eigenvalue weighted by Crippen LogP contribution is -2.28. The van der Waals surface area contributed by atoms with Crippen LogP contribution in [-0.4, -0.2) is 39.9 Å². The van der Waals surface area contributed by atoms with Crippen molar-refractivity contribution in [1.82, 2.24) is 14.9 Å². The summed E-state index contributed by atoms with van der Waals surface area (Å²) < 4.78 is 41.4. The Bertz CT molecular complexity index is 764. The first kappa shape index (κ1) is 20.0. The van der Waals surface area contributed by atoms with Crippen molar-refractivity contribution in [2.45, 2.75) is 31.9 Å². The molecule has 0 fully saturated rings. The fraction of sp³-hybridized carbons (Fsp3) is 0.353. The summed E-state index contributed by atoms with van der Waals surface area (Å²) in [6.07, 6.45) is -4.78. The number of alkyl halides is 3. The molecule has 0 unspecified atom stereocenters. The van der Waals surface area contributed by atoms with Crippen molar-refractivity contribution in [1.29, 1.82) is 0 Å². The number of ether oxygens (including phenoxy) is 1. The normalized spacial score (nSPS) is 11.3. The van der Waals surface area contributed by atoms with Gasteiger partial charge in [-0.3, -0.25) is 4.79 Å². The van der Waals surface area contributed by atoms with E-state index in [0.29, 0.717) is 5.16 Å². The molecule has 5 nitrogen and oxygen atoms in total. The maximum Gasteiger partial charge on any atom is 0.573 e. The summed E-state index contributed by atoms with van der Waals surface area (Å²) in [7, 11) is 1.52. The minimum atomic E-state index is -4.78. The molecular weight excluding hydrogens is 367 g/mol. The summed E-state index contributed by atoms with van der Waals surface area (Å²) in [6, 6.07) is 7.58. The highest BCUT2D eigenvalue weighted by Crippen LogP contribution is 2.27. The molecule has 0 saturated carbocycles. The highest BCUT2D eigenvalue weighted by atomic mass is 32.2. The topological polar surface area (TPSA) is 55.3 Å². The van der Waals surface area contributed by atoms with E-state index in [1.165, 1.54) is 41.9 Å². The van der Waals surface area contributed by atoms with Gasteiger partial charge in [0.2, 0.25) is 5.91 Å². The Hall–Kier alpha value is -2.29. The number of rotatable bonds is 6. The molecule has 0 aliphatic carbocycles. The van der Waals surface area contributed by atoms with Gasteiger partial charge >= 0.3 is 6.36 Å². The van der Waals surface area contributed by atoms with Gasteiger partial charge in [0, 0.05) is 30.5 Å². The second-order valence-corrected chi connectivity index (χ2v) is 6.57. The summed E-state index contributed by atoms with van der Waals surface area (Å²) >= 11 is 1.19. The molecule has 1 amide bonds. The lowest BCUT2D eigenvalue weighted by atomic mass is 10.2. The summed E-state index contributed by atoms with van der Waals surface area (Å²) in [4.78, 5) is 22.1. The average molecular weight is 385 g/mol. The van der Waals surface area contributed by atoms with Gasteiger partial charge in [0.1, 0.15) is 5.75 Å². The van der Waals surface area contributed by atoms with Gasteiger partial charge in [0.15, 0.2) is 5.16 Å². The van der Waals surface area contributed by atoms with Crippen molar-refractivity contribution < 1.29 is 22.7 Å². The molecule has 0 bridgehead atoms. The fourth-order valence-electron chi connectivity index (χ4n) is 2.20. The summed E-state index contributed by atoms with van der Waals surface area (Å²) in [5.74, 6) is -0.480. The van der Waals surface area contributed by atoms with Crippen LogP contribution < -0.4 is 4.74 Å². The Morgan fingerprint density at radius 2 is 1.81 bits per heavy atom. The third kappa shape index (κ3) is 6.21. The molecule has 0 spiro atoms. The summed E-state index contributed by atoms with van der Waals surface area (Å²) in [5, 5.41) is 0.491. The van der Waals surface area contributed by atoms with Crippen molar-refractivity contribution in [3.05, 3.63) is 47.3 Å². The van der Waals surface area contributed by atoms with Crippen molar-refractivity contribution in [2.75, 3.05) is 12.8 Å². The number of benzene rings is 1. The molecule has 1 aromatic carbocycles. The number of nitrogens with zero attached hydrogens (tertiary/aromatic N) is 3. The van der Waals surface area contributed by atoms with E-state index < -0.39 is 6.36 Å². The van der Waals surface area contributed by atoms with Crippen molar-refractivity contribution in [2.24, 2.45) is 0 Å². The van der Waals surface area contributed by atoms with Crippen LogP contribution in [0, 0.1) is 13.8 Å². The van der Waals surface area contributed by atoms with E-state index >= 15 is 0 Å². The first-order valence-corrected chi connectivity index (χ1v) is 8.65. The Labute approximate surface area is 153 Å². The van der Waals surface area contributed by atoms with Gasteiger partial charge in [-0.2, -0.15) is 0 Å². The molecule has 0 aliphatic heterocycles. The number of aromatic nitrogens is 2. The molecular formula is C17H18F3N3O2S. The Balaban J connectivity index is 1.99. The second kappa shape index (κ2) is 8.39. The van der Waals surface area contributed by atoms with Crippen LogP contribution in [0.15, 0.2) is 35.5 Å². The number of amides is 1. The van der Waals surface area contributed by atoms with Crippen molar-refractivity contribution >= 4 is 17.7 Å². The van der Waals surface area contributed by atoms with Crippen LogP contribution in [0.1, 0.15) is 17.0 Å². The van der Waals surface area contributed by atoms with E-state index in [-0.39, 0.29) is 29.5 Å². The predicted molar refractivity (Wildman–Crippen MR) is 91.8 cm³/mol. The number of para-hydroxylation sites is 1. The van der Waals surface area contributed by atoms with Gasteiger partial charge < -0.3 is 9.64 Å². The number of hydrogen-bond acceptors (Lipinski definition) is 5. The number of carbonyl (C=O) groups excluding carboxylic acids is 1. The lowest BCUT2D eigenvalue weighted by molar-refractivity contribution is -0.275.